The summed E-state index contributed by atoms with van der Waals surface area (Å²) in [7, 11) is 0. The van der Waals surface area contributed by atoms with Crippen molar-refractivity contribution < 1.29 is 0 Å². The van der Waals surface area contributed by atoms with Gasteiger partial charge in [0.25, 0.3) is 0 Å². The van der Waals surface area contributed by atoms with E-state index in [2.05, 4.69) is 40.4 Å². The number of hydrazine groups is 1. The molecule has 2 aromatic carbocycles. The molecular formula is C15H16BrClN2. The Morgan fingerprint density at radius 3 is 2.68 bits per heavy atom. The highest BCUT2D eigenvalue weighted by Crippen LogP contribution is 2.27. The van der Waals surface area contributed by atoms with Crippen molar-refractivity contribution in [3.8, 4) is 0 Å². The van der Waals surface area contributed by atoms with Crippen molar-refractivity contribution in [2.24, 2.45) is 5.84 Å². The van der Waals surface area contributed by atoms with Crippen LogP contribution in [0.25, 0.3) is 0 Å². The Labute approximate surface area is 127 Å². The van der Waals surface area contributed by atoms with Gasteiger partial charge in [-0.05, 0) is 48.2 Å². The van der Waals surface area contributed by atoms with E-state index in [1.807, 2.05) is 30.3 Å². The summed E-state index contributed by atoms with van der Waals surface area (Å²) in [5, 5.41) is 0.774. The number of benzene rings is 2. The second-order valence-corrected chi connectivity index (χ2v) is 5.84. The zero-order valence-electron chi connectivity index (χ0n) is 10.7. The van der Waals surface area contributed by atoms with Crippen LogP contribution in [0, 0.1) is 6.92 Å². The Morgan fingerprint density at radius 2 is 2.00 bits per heavy atom. The molecule has 0 spiro atoms. The number of rotatable bonds is 4. The zero-order chi connectivity index (χ0) is 13.8. The van der Waals surface area contributed by atoms with E-state index in [9.17, 15) is 0 Å². The van der Waals surface area contributed by atoms with Crippen LogP contribution in [0.3, 0.4) is 0 Å². The lowest BCUT2D eigenvalue weighted by atomic mass is 9.96. The first-order valence-corrected chi connectivity index (χ1v) is 7.24. The fourth-order valence-electron chi connectivity index (χ4n) is 2.13. The summed E-state index contributed by atoms with van der Waals surface area (Å²) < 4.78 is 1.05. The molecule has 1 atom stereocenters. The zero-order valence-corrected chi connectivity index (χ0v) is 13.0. The third-order valence-corrected chi connectivity index (χ3v) is 4.06. The van der Waals surface area contributed by atoms with Crippen molar-refractivity contribution in [3.63, 3.8) is 0 Å². The number of nitrogens with one attached hydrogen (secondary N) is 1. The first-order valence-electron chi connectivity index (χ1n) is 6.07. The number of hydrogen-bond donors (Lipinski definition) is 2. The van der Waals surface area contributed by atoms with Gasteiger partial charge in [0.1, 0.15) is 0 Å². The summed E-state index contributed by atoms with van der Waals surface area (Å²) in [6, 6.07) is 14.1. The minimum Gasteiger partial charge on any atom is -0.271 e. The van der Waals surface area contributed by atoms with Gasteiger partial charge < -0.3 is 0 Å². The van der Waals surface area contributed by atoms with Crippen LogP contribution in [0.5, 0.6) is 0 Å². The molecule has 100 valence electrons. The van der Waals surface area contributed by atoms with E-state index in [4.69, 9.17) is 17.4 Å². The third-order valence-electron chi connectivity index (χ3n) is 3.20. The molecule has 2 nitrogen and oxygen atoms in total. The van der Waals surface area contributed by atoms with E-state index in [1.54, 1.807) is 0 Å². The Morgan fingerprint density at radius 1 is 1.26 bits per heavy atom. The van der Waals surface area contributed by atoms with Crippen LogP contribution in [-0.2, 0) is 6.42 Å². The molecule has 1 unspecified atom stereocenters. The molecule has 19 heavy (non-hydrogen) atoms. The van der Waals surface area contributed by atoms with Crippen molar-refractivity contribution in [2.45, 2.75) is 19.4 Å². The second-order valence-electron chi connectivity index (χ2n) is 4.52. The number of hydrogen-bond acceptors (Lipinski definition) is 2. The number of halogens is 2. The molecule has 0 radical (unpaired) electrons. The van der Waals surface area contributed by atoms with E-state index < -0.39 is 0 Å². The fourth-order valence-corrected chi connectivity index (χ4v) is 2.72. The molecule has 0 bridgehead atoms. The number of nitrogens with two attached hydrogens (primary N) is 1. The molecule has 3 N–H and O–H groups in total. The summed E-state index contributed by atoms with van der Waals surface area (Å²) in [5.41, 5.74) is 6.36. The van der Waals surface area contributed by atoms with Gasteiger partial charge in [-0.2, -0.15) is 0 Å². The third kappa shape index (κ3) is 3.57. The molecule has 0 aliphatic carbocycles. The van der Waals surface area contributed by atoms with Gasteiger partial charge in [0.05, 0.1) is 6.04 Å². The van der Waals surface area contributed by atoms with Crippen molar-refractivity contribution >= 4 is 27.5 Å². The largest absolute Gasteiger partial charge is 0.271 e. The van der Waals surface area contributed by atoms with E-state index >= 15 is 0 Å². The van der Waals surface area contributed by atoms with Crippen molar-refractivity contribution in [1.29, 1.82) is 0 Å². The Bertz CT molecular complexity index is 572. The number of aryl methyl sites for hydroxylation is 1. The van der Waals surface area contributed by atoms with E-state index in [1.165, 1.54) is 11.1 Å². The van der Waals surface area contributed by atoms with Crippen LogP contribution in [-0.4, -0.2) is 0 Å². The molecule has 0 heterocycles. The molecule has 0 aliphatic heterocycles. The summed E-state index contributed by atoms with van der Waals surface area (Å²) in [4.78, 5) is 0. The minimum absolute atomic E-state index is 0.0393. The second kappa shape index (κ2) is 6.53. The van der Waals surface area contributed by atoms with E-state index in [-0.39, 0.29) is 6.04 Å². The lowest BCUT2D eigenvalue weighted by Crippen LogP contribution is -2.30. The van der Waals surface area contributed by atoms with Crippen LogP contribution in [0.4, 0.5) is 0 Å². The van der Waals surface area contributed by atoms with Gasteiger partial charge in [-0.3, -0.25) is 11.3 Å². The predicted octanol–water partition coefficient (Wildman–Crippen LogP) is 4.16. The van der Waals surface area contributed by atoms with Gasteiger partial charge in [0.2, 0.25) is 0 Å². The molecule has 0 saturated heterocycles. The van der Waals surface area contributed by atoms with Gasteiger partial charge in [-0.1, -0.05) is 51.8 Å². The molecule has 0 fully saturated rings. The molecule has 4 heteroatoms. The summed E-state index contributed by atoms with van der Waals surface area (Å²) in [6.07, 6.45) is 0.757. The Hall–Kier alpha value is -0.870. The van der Waals surface area contributed by atoms with E-state index in [0.717, 1.165) is 21.5 Å². The Kier molecular flexibility index (Phi) is 4.99. The van der Waals surface area contributed by atoms with Crippen LogP contribution >= 0.6 is 27.5 Å². The van der Waals surface area contributed by atoms with Crippen molar-refractivity contribution in [3.05, 3.63) is 68.7 Å². The predicted molar refractivity (Wildman–Crippen MR) is 84.1 cm³/mol. The highest BCUT2D eigenvalue weighted by molar-refractivity contribution is 9.10. The molecule has 0 aromatic heterocycles. The first kappa shape index (κ1) is 14.5. The van der Waals surface area contributed by atoms with Gasteiger partial charge in [0.15, 0.2) is 0 Å². The molecule has 0 aliphatic rings. The maximum absolute atomic E-state index is 6.21. The average molecular weight is 340 g/mol. The van der Waals surface area contributed by atoms with Crippen molar-refractivity contribution in [2.75, 3.05) is 0 Å². The molecule has 2 rings (SSSR count). The minimum atomic E-state index is 0.0393. The lowest BCUT2D eigenvalue weighted by molar-refractivity contribution is 0.549. The monoisotopic (exact) mass is 338 g/mol. The topological polar surface area (TPSA) is 38.0 Å². The van der Waals surface area contributed by atoms with Crippen LogP contribution in [0.1, 0.15) is 22.7 Å². The maximum atomic E-state index is 6.21. The molecule has 2 aromatic rings. The van der Waals surface area contributed by atoms with Gasteiger partial charge in [-0.25, -0.2) is 0 Å². The first-order chi connectivity index (χ1) is 9.11. The van der Waals surface area contributed by atoms with Crippen LogP contribution < -0.4 is 11.3 Å². The average Bonchev–Trinajstić information content (AvgIpc) is 2.41. The van der Waals surface area contributed by atoms with Crippen LogP contribution in [0.15, 0.2) is 46.9 Å². The molecule has 0 amide bonds. The highest BCUT2D eigenvalue weighted by atomic mass is 79.9. The summed E-state index contributed by atoms with van der Waals surface area (Å²) in [6.45, 7) is 2.08. The normalized spacial score (nSPS) is 12.4. The van der Waals surface area contributed by atoms with Crippen LogP contribution in [0.2, 0.25) is 5.02 Å². The quantitative estimate of drug-likeness (QED) is 0.648. The standard InChI is InChI=1S/C15H16BrClN2/c1-10-6-7-12(16)9-13(10)15(19-18)8-11-4-2-3-5-14(11)17/h2-7,9,15,19H,8,18H2,1H3. The summed E-state index contributed by atoms with van der Waals surface area (Å²) in [5.74, 6) is 5.71. The van der Waals surface area contributed by atoms with E-state index in [0.29, 0.717) is 0 Å². The summed E-state index contributed by atoms with van der Waals surface area (Å²) >= 11 is 9.71. The Balaban J connectivity index is 2.30. The maximum Gasteiger partial charge on any atom is 0.0503 e. The van der Waals surface area contributed by atoms with Gasteiger partial charge >= 0.3 is 0 Å². The highest BCUT2D eigenvalue weighted by Gasteiger charge is 2.14. The fraction of sp³-hybridized carbons (Fsp3) is 0.200. The SMILES string of the molecule is Cc1ccc(Br)cc1C(Cc1ccccc1Cl)NN. The lowest BCUT2D eigenvalue weighted by Gasteiger charge is -2.19. The molecular weight excluding hydrogens is 324 g/mol. The smallest absolute Gasteiger partial charge is 0.0503 e. The van der Waals surface area contributed by atoms with Gasteiger partial charge in [0, 0.05) is 9.50 Å². The van der Waals surface area contributed by atoms with Gasteiger partial charge in [-0.15, -0.1) is 0 Å². The van der Waals surface area contributed by atoms with Crippen molar-refractivity contribution in [1.82, 2.24) is 5.43 Å². The molecule has 0 saturated carbocycles.